The SMILES string of the molecule is O=C(NCCOc1ccccc1)c1cc2cc(Br)ccc2oc1=O. The zero-order valence-corrected chi connectivity index (χ0v) is 14.2. The zero-order chi connectivity index (χ0) is 16.9. The van der Waals surface area contributed by atoms with E-state index >= 15 is 0 Å². The molecule has 3 rings (SSSR count). The second-order valence-corrected chi connectivity index (χ2v) is 5.96. The van der Waals surface area contributed by atoms with Gasteiger partial charge < -0.3 is 14.5 Å². The van der Waals surface area contributed by atoms with Gasteiger partial charge in [0.15, 0.2) is 0 Å². The van der Waals surface area contributed by atoms with Gasteiger partial charge in [0, 0.05) is 9.86 Å². The topological polar surface area (TPSA) is 68.5 Å². The van der Waals surface area contributed by atoms with Crippen LogP contribution in [0.25, 0.3) is 11.0 Å². The van der Waals surface area contributed by atoms with E-state index in [-0.39, 0.29) is 12.1 Å². The highest BCUT2D eigenvalue weighted by molar-refractivity contribution is 9.10. The largest absolute Gasteiger partial charge is 0.492 e. The van der Waals surface area contributed by atoms with Crippen LogP contribution in [0, 0.1) is 0 Å². The van der Waals surface area contributed by atoms with Crippen molar-refractivity contribution in [3.8, 4) is 5.75 Å². The summed E-state index contributed by atoms with van der Waals surface area (Å²) in [4.78, 5) is 24.1. The molecule has 0 atom stereocenters. The maximum Gasteiger partial charge on any atom is 0.349 e. The fourth-order valence-corrected chi connectivity index (χ4v) is 2.58. The number of fused-ring (bicyclic) bond motifs is 1. The third-order valence-electron chi connectivity index (χ3n) is 3.34. The molecule has 5 nitrogen and oxygen atoms in total. The number of para-hydroxylation sites is 1. The molecule has 2 aromatic carbocycles. The molecule has 6 heteroatoms. The highest BCUT2D eigenvalue weighted by Gasteiger charge is 2.13. The highest BCUT2D eigenvalue weighted by atomic mass is 79.9. The third kappa shape index (κ3) is 3.83. The number of hydrogen-bond acceptors (Lipinski definition) is 4. The lowest BCUT2D eigenvalue weighted by Gasteiger charge is -2.07. The molecule has 0 bridgehead atoms. The second kappa shape index (κ2) is 7.31. The number of carbonyl (C=O) groups is 1. The van der Waals surface area contributed by atoms with Crippen LogP contribution in [-0.2, 0) is 0 Å². The van der Waals surface area contributed by atoms with Gasteiger partial charge in [0.2, 0.25) is 0 Å². The third-order valence-corrected chi connectivity index (χ3v) is 3.83. The lowest BCUT2D eigenvalue weighted by atomic mass is 10.2. The molecule has 0 unspecified atom stereocenters. The Labute approximate surface area is 146 Å². The lowest BCUT2D eigenvalue weighted by Crippen LogP contribution is -2.31. The molecule has 0 aliphatic heterocycles. The van der Waals surface area contributed by atoms with E-state index in [9.17, 15) is 9.59 Å². The van der Waals surface area contributed by atoms with Crippen LogP contribution in [0.15, 0.2) is 68.3 Å². The van der Waals surface area contributed by atoms with Crippen molar-refractivity contribution in [2.75, 3.05) is 13.2 Å². The summed E-state index contributed by atoms with van der Waals surface area (Å²) in [5.74, 6) is 0.240. The van der Waals surface area contributed by atoms with E-state index < -0.39 is 11.5 Å². The number of amides is 1. The van der Waals surface area contributed by atoms with Gasteiger partial charge in [-0.15, -0.1) is 0 Å². The normalized spacial score (nSPS) is 10.5. The number of benzene rings is 2. The molecule has 3 aromatic rings. The first-order chi connectivity index (χ1) is 11.6. The minimum Gasteiger partial charge on any atom is -0.492 e. The first kappa shape index (κ1) is 16.3. The predicted octanol–water partition coefficient (Wildman–Crippen LogP) is 3.36. The van der Waals surface area contributed by atoms with Gasteiger partial charge >= 0.3 is 5.63 Å². The summed E-state index contributed by atoms with van der Waals surface area (Å²) in [5.41, 5.74) is -0.251. The van der Waals surface area contributed by atoms with E-state index in [0.29, 0.717) is 17.6 Å². The van der Waals surface area contributed by atoms with E-state index in [1.807, 2.05) is 30.3 Å². The van der Waals surface area contributed by atoms with Crippen LogP contribution >= 0.6 is 15.9 Å². The molecule has 122 valence electrons. The number of hydrogen-bond donors (Lipinski definition) is 1. The lowest BCUT2D eigenvalue weighted by molar-refractivity contribution is 0.0943. The van der Waals surface area contributed by atoms with Gasteiger partial charge in [-0.25, -0.2) is 4.79 Å². The first-order valence-corrected chi connectivity index (χ1v) is 8.12. The Morgan fingerprint density at radius 2 is 1.92 bits per heavy atom. The van der Waals surface area contributed by atoms with E-state index in [4.69, 9.17) is 9.15 Å². The van der Waals surface area contributed by atoms with E-state index in [2.05, 4.69) is 21.2 Å². The maximum absolute atomic E-state index is 12.2. The molecule has 0 saturated carbocycles. The molecule has 0 spiro atoms. The van der Waals surface area contributed by atoms with Crippen molar-refractivity contribution in [3.05, 3.63) is 75.1 Å². The summed E-state index contributed by atoms with van der Waals surface area (Å²) in [7, 11) is 0. The summed E-state index contributed by atoms with van der Waals surface area (Å²) >= 11 is 3.35. The zero-order valence-electron chi connectivity index (χ0n) is 12.6. The van der Waals surface area contributed by atoms with Crippen molar-refractivity contribution < 1.29 is 13.9 Å². The van der Waals surface area contributed by atoms with Gasteiger partial charge in [0.1, 0.15) is 23.5 Å². The summed E-state index contributed by atoms with van der Waals surface area (Å²) < 4.78 is 11.5. The van der Waals surface area contributed by atoms with Crippen molar-refractivity contribution in [1.82, 2.24) is 5.32 Å². The molecule has 1 aromatic heterocycles. The number of carbonyl (C=O) groups excluding carboxylic acids is 1. The van der Waals surface area contributed by atoms with Crippen molar-refractivity contribution in [3.63, 3.8) is 0 Å². The average molecular weight is 388 g/mol. The number of ether oxygens (including phenoxy) is 1. The fourth-order valence-electron chi connectivity index (χ4n) is 2.20. The van der Waals surface area contributed by atoms with Crippen molar-refractivity contribution in [2.24, 2.45) is 0 Å². The van der Waals surface area contributed by atoms with Crippen LogP contribution in [0.4, 0.5) is 0 Å². The van der Waals surface area contributed by atoms with Crippen molar-refractivity contribution >= 4 is 32.8 Å². The standard InChI is InChI=1S/C18H14BrNO4/c19-13-6-7-16-12(10-13)11-15(18(22)24-16)17(21)20-8-9-23-14-4-2-1-3-5-14/h1-7,10-11H,8-9H2,(H,20,21). The molecular formula is C18H14BrNO4. The number of halogens is 1. The molecule has 0 radical (unpaired) electrons. The Kier molecular flexibility index (Phi) is 4.96. The van der Waals surface area contributed by atoms with E-state index in [1.54, 1.807) is 18.2 Å². The van der Waals surface area contributed by atoms with Crippen LogP contribution in [0.1, 0.15) is 10.4 Å². The van der Waals surface area contributed by atoms with Gasteiger partial charge in [-0.05, 0) is 36.4 Å². The Morgan fingerprint density at radius 1 is 1.12 bits per heavy atom. The summed E-state index contributed by atoms with van der Waals surface area (Å²) in [6.07, 6.45) is 0. The van der Waals surface area contributed by atoms with Crippen LogP contribution < -0.4 is 15.7 Å². The van der Waals surface area contributed by atoms with Crippen molar-refractivity contribution in [2.45, 2.75) is 0 Å². The highest BCUT2D eigenvalue weighted by Crippen LogP contribution is 2.19. The molecule has 0 aliphatic carbocycles. The molecule has 24 heavy (non-hydrogen) atoms. The van der Waals surface area contributed by atoms with Gasteiger partial charge in [-0.1, -0.05) is 34.1 Å². The molecule has 1 N–H and O–H groups in total. The van der Waals surface area contributed by atoms with E-state index in [0.717, 1.165) is 10.2 Å². The Hall–Kier alpha value is -2.60. The van der Waals surface area contributed by atoms with Gasteiger partial charge in [0.25, 0.3) is 5.91 Å². The molecular weight excluding hydrogens is 374 g/mol. The number of rotatable bonds is 5. The average Bonchev–Trinajstić information content (AvgIpc) is 2.59. The van der Waals surface area contributed by atoms with E-state index in [1.165, 1.54) is 6.07 Å². The molecule has 1 heterocycles. The van der Waals surface area contributed by atoms with Crippen LogP contribution in [0.3, 0.4) is 0 Å². The van der Waals surface area contributed by atoms with Gasteiger partial charge in [-0.2, -0.15) is 0 Å². The predicted molar refractivity (Wildman–Crippen MR) is 94.5 cm³/mol. The monoisotopic (exact) mass is 387 g/mol. The molecule has 0 saturated heterocycles. The van der Waals surface area contributed by atoms with Gasteiger partial charge in [-0.3, -0.25) is 4.79 Å². The minimum absolute atomic E-state index is 0.0275. The maximum atomic E-state index is 12.2. The molecule has 1 amide bonds. The second-order valence-electron chi connectivity index (χ2n) is 5.05. The van der Waals surface area contributed by atoms with Crippen LogP contribution in [-0.4, -0.2) is 19.1 Å². The van der Waals surface area contributed by atoms with Crippen molar-refractivity contribution in [1.29, 1.82) is 0 Å². The smallest absolute Gasteiger partial charge is 0.349 e. The Morgan fingerprint density at radius 3 is 2.71 bits per heavy atom. The molecule has 0 fully saturated rings. The first-order valence-electron chi connectivity index (χ1n) is 7.33. The summed E-state index contributed by atoms with van der Waals surface area (Å²) in [6.45, 7) is 0.587. The fraction of sp³-hybridized carbons (Fsp3) is 0.111. The molecule has 0 aliphatic rings. The Bertz CT molecular complexity index is 921. The van der Waals surface area contributed by atoms with Crippen LogP contribution in [0.2, 0.25) is 0 Å². The summed E-state index contributed by atoms with van der Waals surface area (Å²) in [6, 6.07) is 16.1. The quantitative estimate of drug-likeness (QED) is 0.538. The Balaban J connectivity index is 1.65. The van der Waals surface area contributed by atoms with Crippen LogP contribution in [0.5, 0.6) is 5.75 Å². The number of nitrogens with one attached hydrogen (secondary N) is 1. The minimum atomic E-state index is -0.661. The van der Waals surface area contributed by atoms with Gasteiger partial charge in [0.05, 0.1) is 6.54 Å². The summed E-state index contributed by atoms with van der Waals surface area (Å²) in [5, 5.41) is 3.33.